The van der Waals surface area contributed by atoms with Gasteiger partial charge in [0, 0.05) is 25.2 Å². The predicted molar refractivity (Wildman–Crippen MR) is 89.9 cm³/mol. The van der Waals surface area contributed by atoms with Gasteiger partial charge in [-0.05, 0) is 23.8 Å². The number of rotatable bonds is 5. The normalized spacial score (nSPS) is 11.6. The van der Waals surface area contributed by atoms with Crippen LogP contribution in [-0.4, -0.2) is 25.0 Å². The highest BCUT2D eigenvalue weighted by atomic mass is 19.4. The van der Waals surface area contributed by atoms with Crippen LogP contribution in [0.2, 0.25) is 0 Å². The molecule has 0 N–H and O–H groups in total. The molecule has 132 valence electrons. The second kappa shape index (κ2) is 7.88. The van der Waals surface area contributed by atoms with E-state index in [0.29, 0.717) is 11.3 Å². The first kappa shape index (κ1) is 18.6. The van der Waals surface area contributed by atoms with E-state index >= 15 is 0 Å². The molecule has 0 saturated carbocycles. The molecule has 0 saturated heterocycles. The molecule has 0 aliphatic carbocycles. The summed E-state index contributed by atoms with van der Waals surface area (Å²) in [6.07, 6.45) is -1.56. The van der Waals surface area contributed by atoms with Gasteiger partial charge in [0.05, 0.1) is 12.7 Å². The molecule has 25 heavy (non-hydrogen) atoms. The number of carbonyl (C=O) groups is 1. The van der Waals surface area contributed by atoms with E-state index in [1.807, 2.05) is 0 Å². The maximum absolute atomic E-state index is 13.0. The van der Waals surface area contributed by atoms with Crippen LogP contribution >= 0.6 is 0 Å². The summed E-state index contributed by atoms with van der Waals surface area (Å²) in [5.41, 5.74) is 0.0299. The van der Waals surface area contributed by atoms with Gasteiger partial charge in [0.25, 0.3) is 0 Å². The minimum Gasteiger partial charge on any atom is -0.496 e. The number of methoxy groups -OCH3 is 1. The lowest BCUT2D eigenvalue weighted by atomic mass is 10.1. The zero-order chi connectivity index (χ0) is 18.4. The molecule has 2 aromatic carbocycles. The zero-order valence-electron chi connectivity index (χ0n) is 13.9. The number of benzene rings is 2. The van der Waals surface area contributed by atoms with Crippen LogP contribution in [0.4, 0.5) is 13.2 Å². The maximum Gasteiger partial charge on any atom is 0.416 e. The summed E-state index contributed by atoms with van der Waals surface area (Å²) in [4.78, 5) is 13.4. The van der Waals surface area contributed by atoms with Gasteiger partial charge in [0.15, 0.2) is 0 Å². The number of ether oxygens (including phenoxy) is 1. The smallest absolute Gasteiger partial charge is 0.416 e. The van der Waals surface area contributed by atoms with Crippen LogP contribution in [0, 0.1) is 0 Å². The van der Waals surface area contributed by atoms with Crippen molar-refractivity contribution in [1.29, 1.82) is 0 Å². The highest BCUT2D eigenvalue weighted by Gasteiger charge is 2.33. The van der Waals surface area contributed by atoms with E-state index < -0.39 is 17.6 Å². The molecule has 0 aliphatic rings. The first-order valence-corrected chi connectivity index (χ1v) is 7.54. The number of amides is 1. The monoisotopic (exact) mass is 349 g/mol. The van der Waals surface area contributed by atoms with Crippen LogP contribution in [-0.2, 0) is 17.5 Å². The molecular formula is C19H18F3NO2. The summed E-state index contributed by atoms with van der Waals surface area (Å²) in [7, 11) is 2.98. The second-order valence-electron chi connectivity index (χ2n) is 5.42. The van der Waals surface area contributed by atoms with Gasteiger partial charge in [-0.15, -0.1) is 0 Å². The van der Waals surface area contributed by atoms with E-state index in [0.717, 1.165) is 6.07 Å². The summed E-state index contributed by atoms with van der Waals surface area (Å²) in [5.74, 6) is 0.208. The quantitative estimate of drug-likeness (QED) is 0.750. The number of alkyl halides is 3. The number of likely N-dealkylation sites (N-methyl/N-ethyl adjacent to an activating group) is 1. The summed E-state index contributed by atoms with van der Waals surface area (Å²) < 4.78 is 44.2. The van der Waals surface area contributed by atoms with Crippen molar-refractivity contribution in [2.24, 2.45) is 0 Å². The van der Waals surface area contributed by atoms with Crippen LogP contribution in [0.25, 0.3) is 6.08 Å². The number of halogens is 3. The van der Waals surface area contributed by atoms with Crippen molar-refractivity contribution in [1.82, 2.24) is 4.90 Å². The van der Waals surface area contributed by atoms with E-state index in [1.54, 1.807) is 30.3 Å². The Labute approximate surface area is 144 Å². The van der Waals surface area contributed by atoms with E-state index in [1.165, 1.54) is 43.3 Å². The van der Waals surface area contributed by atoms with Gasteiger partial charge < -0.3 is 9.64 Å². The molecule has 0 fully saturated rings. The Morgan fingerprint density at radius 1 is 1.12 bits per heavy atom. The topological polar surface area (TPSA) is 29.5 Å². The predicted octanol–water partition coefficient (Wildman–Crippen LogP) is 4.39. The highest BCUT2D eigenvalue weighted by Crippen LogP contribution is 2.32. The van der Waals surface area contributed by atoms with Crippen molar-refractivity contribution in [3.8, 4) is 5.75 Å². The summed E-state index contributed by atoms with van der Waals surface area (Å²) in [6.45, 7) is -0.134. The molecule has 2 aromatic rings. The second-order valence-corrected chi connectivity index (χ2v) is 5.42. The highest BCUT2D eigenvalue weighted by molar-refractivity contribution is 5.92. The van der Waals surface area contributed by atoms with Crippen LogP contribution in [0.3, 0.4) is 0 Å². The molecule has 0 aliphatic heterocycles. The first-order valence-electron chi connectivity index (χ1n) is 7.54. The third-order valence-electron chi connectivity index (χ3n) is 3.65. The maximum atomic E-state index is 13.0. The fourth-order valence-corrected chi connectivity index (χ4v) is 2.36. The minimum atomic E-state index is -4.45. The fourth-order valence-electron chi connectivity index (χ4n) is 2.36. The molecular weight excluding hydrogens is 331 g/mol. The molecule has 0 atom stereocenters. The van der Waals surface area contributed by atoms with Crippen LogP contribution in [0.5, 0.6) is 5.75 Å². The Kier molecular flexibility index (Phi) is 5.85. The SMILES string of the molecule is COc1ccccc1/C=C/C(=O)N(C)Cc1ccccc1C(F)(F)F. The average molecular weight is 349 g/mol. The molecule has 0 unspecified atom stereocenters. The molecule has 0 heterocycles. The van der Waals surface area contributed by atoms with E-state index in [9.17, 15) is 18.0 Å². The standard InChI is InChI=1S/C19H18F3NO2/c1-23(13-15-8-3-5-9-16(15)19(20,21)22)18(24)12-11-14-7-4-6-10-17(14)25-2/h3-12H,13H2,1-2H3/b12-11+. The van der Waals surface area contributed by atoms with E-state index in [4.69, 9.17) is 4.74 Å². The Hall–Kier alpha value is -2.76. The van der Waals surface area contributed by atoms with Crippen LogP contribution < -0.4 is 4.74 Å². The van der Waals surface area contributed by atoms with E-state index in [-0.39, 0.29) is 12.1 Å². The molecule has 1 amide bonds. The zero-order valence-corrected chi connectivity index (χ0v) is 13.9. The van der Waals surface area contributed by atoms with Gasteiger partial charge in [-0.1, -0.05) is 36.4 Å². The molecule has 0 bridgehead atoms. The third-order valence-corrected chi connectivity index (χ3v) is 3.65. The molecule has 2 rings (SSSR count). The van der Waals surface area contributed by atoms with Crippen molar-refractivity contribution in [3.05, 3.63) is 71.3 Å². The number of nitrogens with zero attached hydrogens (tertiary/aromatic N) is 1. The van der Waals surface area contributed by atoms with Gasteiger partial charge in [0.2, 0.25) is 5.91 Å². The first-order chi connectivity index (χ1) is 11.8. The largest absolute Gasteiger partial charge is 0.496 e. The third kappa shape index (κ3) is 4.86. The van der Waals surface area contributed by atoms with Gasteiger partial charge in [-0.3, -0.25) is 4.79 Å². The van der Waals surface area contributed by atoms with Crippen molar-refractivity contribution in [2.75, 3.05) is 14.2 Å². The molecule has 6 heteroatoms. The lowest BCUT2D eigenvalue weighted by Crippen LogP contribution is -2.25. The van der Waals surface area contributed by atoms with Gasteiger partial charge in [-0.2, -0.15) is 13.2 Å². The van der Waals surface area contributed by atoms with Crippen molar-refractivity contribution >= 4 is 12.0 Å². The Morgan fingerprint density at radius 2 is 1.76 bits per heavy atom. The minimum absolute atomic E-state index is 0.0524. The molecule has 0 aromatic heterocycles. The number of hydrogen-bond donors (Lipinski definition) is 0. The number of hydrogen-bond acceptors (Lipinski definition) is 2. The van der Waals surface area contributed by atoms with Gasteiger partial charge in [0.1, 0.15) is 5.75 Å². The summed E-state index contributed by atoms with van der Waals surface area (Å²) in [5, 5.41) is 0. The lowest BCUT2D eigenvalue weighted by Gasteiger charge is -2.19. The molecule has 0 spiro atoms. The number of carbonyl (C=O) groups excluding carboxylic acids is 1. The average Bonchev–Trinajstić information content (AvgIpc) is 2.59. The van der Waals surface area contributed by atoms with Crippen LogP contribution in [0.1, 0.15) is 16.7 Å². The van der Waals surface area contributed by atoms with Gasteiger partial charge >= 0.3 is 6.18 Å². The van der Waals surface area contributed by atoms with Crippen molar-refractivity contribution in [2.45, 2.75) is 12.7 Å². The van der Waals surface area contributed by atoms with E-state index in [2.05, 4.69) is 0 Å². The Morgan fingerprint density at radius 3 is 2.44 bits per heavy atom. The fraction of sp³-hybridized carbons (Fsp3) is 0.211. The molecule has 3 nitrogen and oxygen atoms in total. The number of para-hydroxylation sites is 1. The summed E-state index contributed by atoms with van der Waals surface area (Å²) >= 11 is 0. The lowest BCUT2D eigenvalue weighted by molar-refractivity contribution is -0.139. The Bertz CT molecular complexity index is 769. The van der Waals surface area contributed by atoms with Crippen molar-refractivity contribution < 1.29 is 22.7 Å². The van der Waals surface area contributed by atoms with Gasteiger partial charge in [-0.25, -0.2) is 0 Å². The van der Waals surface area contributed by atoms with Crippen molar-refractivity contribution in [3.63, 3.8) is 0 Å². The summed E-state index contributed by atoms with van der Waals surface area (Å²) in [6, 6.07) is 12.4. The Balaban J connectivity index is 2.13. The molecule has 0 radical (unpaired) electrons. The van der Waals surface area contributed by atoms with Crippen LogP contribution in [0.15, 0.2) is 54.6 Å².